The Hall–Kier alpha value is -2.50. The predicted molar refractivity (Wildman–Crippen MR) is 112 cm³/mol. The van der Waals surface area contributed by atoms with Crippen molar-refractivity contribution in [2.45, 2.75) is 28.4 Å². The molecule has 1 fully saturated rings. The lowest BCUT2D eigenvalue weighted by Gasteiger charge is -2.15. The molecule has 1 aliphatic rings. The summed E-state index contributed by atoms with van der Waals surface area (Å²) in [7, 11) is -3.58. The van der Waals surface area contributed by atoms with Crippen LogP contribution in [0.25, 0.3) is 0 Å². The van der Waals surface area contributed by atoms with E-state index in [0.29, 0.717) is 35.4 Å². The van der Waals surface area contributed by atoms with E-state index in [1.54, 1.807) is 0 Å². The molecule has 0 aliphatic carbocycles. The number of thioether (sulfide) groups is 1. The second kappa shape index (κ2) is 10.2. The van der Waals surface area contributed by atoms with Crippen LogP contribution in [0.15, 0.2) is 58.3 Å². The van der Waals surface area contributed by atoms with Crippen LogP contribution in [0.1, 0.15) is 23.2 Å². The molecule has 1 N–H and O–H groups in total. The standard InChI is InChI=1S/C20H20F2N2O5S2/c21-20(22)30-16-7-5-15(6-8-16)23-18(25)13-29-19(26)14-3-9-17(10-4-14)31(27,28)24-11-1-2-12-24/h3-10,20H,1-2,11-13H2,(H,23,25). The maximum absolute atomic E-state index is 12.5. The molecule has 1 heterocycles. The van der Waals surface area contributed by atoms with Crippen molar-refractivity contribution < 1.29 is 31.5 Å². The minimum atomic E-state index is -3.58. The summed E-state index contributed by atoms with van der Waals surface area (Å²) in [5, 5.41) is 2.49. The first kappa shape index (κ1) is 23.2. The predicted octanol–water partition coefficient (Wildman–Crippen LogP) is 3.58. The number of anilines is 1. The summed E-state index contributed by atoms with van der Waals surface area (Å²) >= 11 is 0.392. The number of sulfonamides is 1. The maximum atomic E-state index is 12.5. The van der Waals surface area contributed by atoms with Gasteiger partial charge in [0.1, 0.15) is 0 Å². The van der Waals surface area contributed by atoms with Crippen molar-refractivity contribution in [2.75, 3.05) is 25.0 Å². The van der Waals surface area contributed by atoms with E-state index in [4.69, 9.17) is 4.74 Å². The number of halogens is 2. The normalized spacial score (nSPS) is 14.5. The van der Waals surface area contributed by atoms with Gasteiger partial charge in [0.25, 0.3) is 11.7 Å². The van der Waals surface area contributed by atoms with Crippen molar-refractivity contribution in [3.8, 4) is 0 Å². The van der Waals surface area contributed by atoms with Gasteiger partial charge in [0.15, 0.2) is 6.61 Å². The number of carbonyl (C=O) groups excluding carboxylic acids is 2. The van der Waals surface area contributed by atoms with Gasteiger partial charge in [0.2, 0.25) is 10.0 Å². The van der Waals surface area contributed by atoms with Crippen LogP contribution in [-0.2, 0) is 19.6 Å². The number of carbonyl (C=O) groups is 2. The molecule has 11 heteroatoms. The van der Waals surface area contributed by atoms with E-state index in [9.17, 15) is 26.8 Å². The number of alkyl halides is 2. The average molecular weight is 471 g/mol. The highest BCUT2D eigenvalue weighted by atomic mass is 32.2. The smallest absolute Gasteiger partial charge is 0.338 e. The SMILES string of the molecule is O=C(COC(=O)c1ccc(S(=O)(=O)N2CCCC2)cc1)Nc1ccc(SC(F)F)cc1. The molecule has 7 nitrogen and oxygen atoms in total. The molecule has 166 valence electrons. The number of esters is 1. The largest absolute Gasteiger partial charge is 0.452 e. The summed E-state index contributed by atoms with van der Waals surface area (Å²) in [5.74, 6) is -3.91. The summed E-state index contributed by atoms with van der Waals surface area (Å²) < 4.78 is 56.0. The van der Waals surface area contributed by atoms with Gasteiger partial charge in [-0.25, -0.2) is 13.2 Å². The number of rotatable bonds is 8. The van der Waals surface area contributed by atoms with Crippen LogP contribution >= 0.6 is 11.8 Å². The first-order valence-corrected chi connectivity index (χ1v) is 11.7. The molecule has 0 saturated carbocycles. The maximum Gasteiger partial charge on any atom is 0.338 e. The minimum Gasteiger partial charge on any atom is -0.452 e. The molecule has 1 amide bonds. The van der Waals surface area contributed by atoms with Gasteiger partial charge in [0, 0.05) is 23.7 Å². The molecule has 1 aliphatic heterocycles. The van der Waals surface area contributed by atoms with Crippen LogP contribution in [0.2, 0.25) is 0 Å². The Bertz CT molecular complexity index is 1020. The van der Waals surface area contributed by atoms with Crippen molar-refractivity contribution in [2.24, 2.45) is 0 Å². The second-order valence-electron chi connectivity index (χ2n) is 6.66. The fourth-order valence-electron chi connectivity index (χ4n) is 2.97. The van der Waals surface area contributed by atoms with Crippen molar-refractivity contribution >= 4 is 39.3 Å². The summed E-state index contributed by atoms with van der Waals surface area (Å²) in [6.07, 6.45) is 1.65. The van der Waals surface area contributed by atoms with Gasteiger partial charge in [0.05, 0.1) is 10.5 Å². The fourth-order valence-corrected chi connectivity index (χ4v) is 4.99. The molecule has 0 bridgehead atoms. The molecule has 0 aromatic heterocycles. The third-order valence-electron chi connectivity index (χ3n) is 4.49. The first-order chi connectivity index (χ1) is 14.8. The van der Waals surface area contributed by atoms with E-state index in [-0.39, 0.29) is 10.5 Å². The van der Waals surface area contributed by atoms with Crippen LogP contribution in [0, 0.1) is 0 Å². The number of nitrogens with zero attached hydrogens (tertiary/aromatic N) is 1. The van der Waals surface area contributed by atoms with Crippen molar-refractivity contribution in [3.05, 3.63) is 54.1 Å². The summed E-state index contributed by atoms with van der Waals surface area (Å²) in [6.45, 7) is 0.407. The van der Waals surface area contributed by atoms with Gasteiger partial charge >= 0.3 is 5.97 Å². The zero-order chi connectivity index (χ0) is 22.4. The van der Waals surface area contributed by atoms with Gasteiger partial charge in [-0.1, -0.05) is 11.8 Å². The zero-order valence-electron chi connectivity index (χ0n) is 16.3. The Balaban J connectivity index is 1.51. The second-order valence-corrected chi connectivity index (χ2v) is 9.66. The van der Waals surface area contributed by atoms with Crippen LogP contribution in [0.3, 0.4) is 0 Å². The van der Waals surface area contributed by atoms with Gasteiger partial charge in [-0.15, -0.1) is 0 Å². The van der Waals surface area contributed by atoms with E-state index in [1.165, 1.54) is 52.8 Å². The molecule has 3 rings (SSSR count). The van der Waals surface area contributed by atoms with E-state index in [2.05, 4.69) is 5.32 Å². The number of nitrogens with one attached hydrogen (secondary N) is 1. The quantitative estimate of drug-likeness (QED) is 0.468. The molecule has 0 atom stereocenters. The number of hydrogen-bond acceptors (Lipinski definition) is 6. The third kappa shape index (κ3) is 6.25. The highest BCUT2D eigenvalue weighted by Crippen LogP contribution is 2.26. The lowest BCUT2D eigenvalue weighted by molar-refractivity contribution is -0.119. The molecule has 0 radical (unpaired) electrons. The lowest BCUT2D eigenvalue weighted by Crippen LogP contribution is -2.27. The van der Waals surface area contributed by atoms with Gasteiger partial charge in [-0.05, 0) is 61.4 Å². The van der Waals surface area contributed by atoms with Crippen molar-refractivity contribution in [3.63, 3.8) is 0 Å². The van der Waals surface area contributed by atoms with E-state index in [1.807, 2.05) is 0 Å². The van der Waals surface area contributed by atoms with Crippen molar-refractivity contribution in [1.29, 1.82) is 0 Å². The van der Waals surface area contributed by atoms with E-state index < -0.39 is 34.3 Å². The Labute approximate surface area is 182 Å². The van der Waals surface area contributed by atoms with E-state index in [0.717, 1.165) is 12.8 Å². The van der Waals surface area contributed by atoms with Crippen LogP contribution < -0.4 is 5.32 Å². The number of ether oxygens (including phenoxy) is 1. The van der Waals surface area contributed by atoms with Crippen molar-refractivity contribution in [1.82, 2.24) is 4.31 Å². The fraction of sp³-hybridized carbons (Fsp3) is 0.300. The molecular formula is C20H20F2N2O5S2. The molecule has 1 saturated heterocycles. The first-order valence-electron chi connectivity index (χ1n) is 9.38. The Morgan fingerprint density at radius 2 is 1.65 bits per heavy atom. The molecule has 0 unspecified atom stereocenters. The topological polar surface area (TPSA) is 92.8 Å². The molecule has 2 aromatic carbocycles. The molecule has 31 heavy (non-hydrogen) atoms. The zero-order valence-corrected chi connectivity index (χ0v) is 17.9. The van der Waals surface area contributed by atoms with Gasteiger partial charge in [-0.2, -0.15) is 13.1 Å². The monoisotopic (exact) mass is 470 g/mol. The Morgan fingerprint density at radius 3 is 2.23 bits per heavy atom. The Kier molecular flexibility index (Phi) is 7.63. The van der Waals surface area contributed by atoms with Gasteiger partial charge < -0.3 is 10.1 Å². The number of hydrogen-bond donors (Lipinski definition) is 1. The van der Waals surface area contributed by atoms with E-state index >= 15 is 0 Å². The Morgan fingerprint density at radius 1 is 1.03 bits per heavy atom. The summed E-state index contributed by atoms with van der Waals surface area (Å²) in [6, 6.07) is 11.2. The average Bonchev–Trinajstić information content (AvgIpc) is 3.29. The third-order valence-corrected chi connectivity index (χ3v) is 7.13. The van der Waals surface area contributed by atoms with Crippen LogP contribution in [0.5, 0.6) is 0 Å². The summed E-state index contributed by atoms with van der Waals surface area (Å²) in [5.41, 5.74) is 0.484. The lowest BCUT2D eigenvalue weighted by atomic mass is 10.2. The van der Waals surface area contributed by atoms with Gasteiger partial charge in [-0.3, -0.25) is 4.79 Å². The highest BCUT2D eigenvalue weighted by molar-refractivity contribution is 7.99. The molecule has 0 spiro atoms. The summed E-state index contributed by atoms with van der Waals surface area (Å²) in [4.78, 5) is 24.5. The highest BCUT2D eigenvalue weighted by Gasteiger charge is 2.27. The van der Waals surface area contributed by atoms with Crippen LogP contribution in [-0.4, -0.2) is 50.1 Å². The molecule has 2 aromatic rings. The molecular weight excluding hydrogens is 450 g/mol. The minimum absolute atomic E-state index is 0.0946. The number of benzene rings is 2. The van der Waals surface area contributed by atoms with Crippen LogP contribution in [0.4, 0.5) is 14.5 Å². The number of amides is 1.